The highest BCUT2D eigenvalue weighted by molar-refractivity contribution is 7.90. The average molecular weight is 272 g/mol. The first-order valence-corrected chi connectivity index (χ1v) is 7.49. The van der Waals surface area contributed by atoms with E-state index in [1.165, 1.54) is 6.20 Å². The molecule has 0 spiro atoms. The van der Waals surface area contributed by atoms with Crippen LogP contribution in [0.4, 0.5) is 0 Å². The predicted molar refractivity (Wildman–Crippen MR) is 72.2 cm³/mol. The maximum absolute atomic E-state index is 11.5. The van der Waals surface area contributed by atoms with E-state index in [0.717, 1.165) is 22.9 Å². The fourth-order valence-electron chi connectivity index (χ4n) is 1.87. The minimum Gasteiger partial charge on any atom is -0.243 e. The molecule has 0 bridgehead atoms. The van der Waals surface area contributed by atoms with Crippen LogP contribution in [0.5, 0.6) is 0 Å². The zero-order valence-electron chi connectivity index (χ0n) is 10.6. The van der Waals surface area contributed by atoms with E-state index in [4.69, 9.17) is 5.26 Å². The lowest BCUT2D eigenvalue weighted by molar-refractivity contribution is 0.598. The molecule has 0 aliphatic rings. The van der Waals surface area contributed by atoms with Gasteiger partial charge in [-0.05, 0) is 24.1 Å². The second kappa shape index (κ2) is 4.82. The maximum atomic E-state index is 11.5. The first-order valence-electron chi connectivity index (χ1n) is 5.59. The predicted octanol–water partition coefficient (Wildman–Crippen LogP) is 2.33. The van der Waals surface area contributed by atoms with Crippen molar-refractivity contribution in [1.82, 2.24) is 4.98 Å². The van der Waals surface area contributed by atoms with Crippen LogP contribution >= 0.6 is 0 Å². The number of benzene rings is 1. The van der Waals surface area contributed by atoms with Gasteiger partial charge in [-0.3, -0.25) is 0 Å². The van der Waals surface area contributed by atoms with Gasteiger partial charge in [0.05, 0.1) is 5.56 Å². The van der Waals surface area contributed by atoms with E-state index < -0.39 is 9.84 Å². The van der Waals surface area contributed by atoms with Crippen LogP contribution in [0.2, 0.25) is 0 Å². The quantitative estimate of drug-likeness (QED) is 0.841. The summed E-state index contributed by atoms with van der Waals surface area (Å²) in [6.45, 7) is 1.95. The van der Waals surface area contributed by atoms with Gasteiger partial charge in [-0.15, -0.1) is 0 Å². The summed E-state index contributed by atoms with van der Waals surface area (Å²) >= 11 is 0. The number of nitriles is 1. The summed E-state index contributed by atoms with van der Waals surface area (Å²) in [6.07, 6.45) is 2.53. The average Bonchev–Trinajstić information content (AvgIpc) is 2.37. The van der Waals surface area contributed by atoms with Gasteiger partial charge in [-0.25, -0.2) is 13.4 Å². The van der Waals surface area contributed by atoms with Gasteiger partial charge in [0.25, 0.3) is 0 Å². The summed E-state index contributed by atoms with van der Waals surface area (Å²) in [4.78, 5) is 3.93. The molecule has 1 heterocycles. The van der Waals surface area contributed by atoms with E-state index in [1.807, 2.05) is 37.3 Å². The molecule has 2 aromatic rings. The topological polar surface area (TPSA) is 70.8 Å². The largest absolute Gasteiger partial charge is 0.243 e. The van der Waals surface area contributed by atoms with Gasteiger partial charge >= 0.3 is 0 Å². The fraction of sp³-hybridized carbons (Fsp3) is 0.143. The van der Waals surface area contributed by atoms with Gasteiger partial charge in [0, 0.05) is 18.0 Å². The van der Waals surface area contributed by atoms with E-state index in [1.54, 1.807) is 6.07 Å². The second-order valence-electron chi connectivity index (χ2n) is 4.28. The molecule has 0 aliphatic carbocycles. The van der Waals surface area contributed by atoms with Gasteiger partial charge in [0.15, 0.2) is 14.9 Å². The molecule has 0 atom stereocenters. The number of aryl methyl sites for hydroxylation is 1. The Morgan fingerprint density at radius 2 is 1.95 bits per heavy atom. The number of aromatic nitrogens is 1. The number of nitrogens with zero attached hydrogens (tertiary/aromatic N) is 2. The summed E-state index contributed by atoms with van der Waals surface area (Å²) in [5.74, 6) is 0. The van der Waals surface area contributed by atoms with Crippen LogP contribution in [-0.4, -0.2) is 19.7 Å². The molecule has 1 aromatic heterocycles. The number of hydrogen-bond donors (Lipinski definition) is 0. The van der Waals surface area contributed by atoms with E-state index in [0.29, 0.717) is 0 Å². The lowest BCUT2D eigenvalue weighted by Gasteiger charge is -2.07. The monoisotopic (exact) mass is 272 g/mol. The maximum Gasteiger partial charge on any atom is 0.194 e. The van der Waals surface area contributed by atoms with Gasteiger partial charge < -0.3 is 0 Å². The lowest BCUT2D eigenvalue weighted by Crippen LogP contribution is -2.04. The molecular formula is C14H12N2O2S. The fourth-order valence-corrected chi connectivity index (χ4v) is 2.62. The van der Waals surface area contributed by atoms with E-state index in [9.17, 15) is 8.42 Å². The minimum absolute atomic E-state index is 0.0725. The van der Waals surface area contributed by atoms with E-state index in [2.05, 4.69) is 4.98 Å². The molecule has 0 fully saturated rings. The van der Waals surface area contributed by atoms with Crippen molar-refractivity contribution in [1.29, 1.82) is 5.26 Å². The van der Waals surface area contributed by atoms with Crippen LogP contribution in [0.15, 0.2) is 41.6 Å². The normalized spacial score (nSPS) is 11.0. The zero-order chi connectivity index (χ0) is 14.0. The molecule has 96 valence electrons. The van der Waals surface area contributed by atoms with Crippen molar-refractivity contribution < 1.29 is 8.42 Å². The summed E-state index contributed by atoms with van der Waals surface area (Å²) in [5, 5.41) is 8.89. The Hall–Kier alpha value is -2.19. The van der Waals surface area contributed by atoms with Gasteiger partial charge in [0.2, 0.25) is 0 Å². The van der Waals surface area contributed by atoms with Gasteiger partial charge in [-0.1, -0.05) is 24.3 Å². The molecule has 0 saturated carbocycles. The van der Waals surface area contributed by atoms with Crippen LogP contribution in [0.1, 0.15) is 11.1 Å². The minimum atomic E-state index is -3.49. The van der Waals surface area contributed by atoms with Crippen LogP contribution < -0.4 is 0 Å². The molecule has 0 saturated heterocycles. The van der Waals surface area contributed by atoms with E-state index >= 15 is 0 Å². The molecular weight excluding hydrogens is 260 g/mol. The van der Waals surface area contributed by atoms with Crippen molar-refractivity contribution in [2.45, 2.75) is 11.9 Å². The Morgan fingerprint density at radius 3 is 2.53 bits per heavy atom. The summed E-state index contributed by atoms with van der Waals surface area (Å²) < 4.78 is 23.0. The number of hydrogen-bond acceptors (Lipinski definition) is 4. The third kappa shape index (κ3) is 2.64. The Kier molecular flexibility index (Phi) is 3.36. The first kappa shape index (κ1) is 13.2. The van der Waals surface area contributed by atoms with Crippen LogP contribution in [0, 0.1) is 18.3 Å². The Balaban J connectivity index is 2.65. The molecule has 2 rings (SSSR count). The Morgan fingerprint density at radius 1 is 1.26 bits per heavy atom. The highest BCUT2D eigenvalue weighted by Crippen LogP contribution is 2.25. The third-order valence-corrected chi connectivity index (χ3v) is 3.81. The highest BCUT2D eigenvalue weighted by Gasteiger charge is 2.16. The number of pyridine rings is 1. The van der Waals surface area contributed by atoms with Crippen LogP contribution in [0.25, 0.3) is 11.1 Å². The summed E-state index contributed by atoms with van der Waals surface area (Å²) in [7, 11) is -3.49. The molecule has 0 radical (unpaired) electrons. The smallest absolute Gasteiger partial charge is 0.194 e. The van der Waals surface area contributed by atoms with Crippen molar-refractivity contribution in [3.8, 4) is 17.2 Å². The lowest BCUT2D eigenvalue weighted by atomic mass is 10.0. The van der Waals surface area contributed by atoms with Crippen LogP contribution in [-0.2, 0) is 9.84 Å². The molecule has 0 amide bonds. The number of sulfone groups is 1. The molecule has 0 unspecified atom stereocenters. The van der Waals surface area contributed by atoms with Crippen molar-refractivity contribution in [2.24, 2.45) is 0 Å². The van der Waals surface area contributed by atoms with Crippen LogP contribution in [0.3, 0.4) is 0 Å². The molecule has 1 aromatic carbocycles. The molecule has 0 aliphatic heterocycles. The molecule has 19 heavy (non-hydrogen) atoms. The zero-order valence-corrected chi connectivity index (χ0v) is 11.4. The van der Waals surface area contributed by atoms with Gasteiger partial charge in [0.1, 0.15) is 6.07 Å². The Labute approximate surface area is 112 Å². The third-order valence-electron chi connectivity index (χ3n) is 2.78. The second-order valence-corrected chi connectivity index (χ2v) is 6.21. The van der Waals surface area contributed by atoms with Crippen molar-refractivity contribution >= 4 is 9.84 Å². The Bertz CT molecular complexity index is 774. The van der Waals surface area contributed by atoms with Crippen molar-refractivity contribution in [3.05, 3.63) is 47.7 Å². The van der Waals surface area contributed by atoms with Crippen molar-refractivity contribution in [2.75, 3.05) is 6.26 Å². The number of rotatable bonds is 2. The van der Waals surface area contributed by atoms with Gasteiger partial charge in [-0.2, -0.15) is 5.26 Å². The molecule has 4 nitrogen and oxygen atoms in total. The SMILES string of the molecule is Cc1ccccc1-c1cnc(S(C)(=O)=O)c(C#N)c1. The molecule has 5 heteroatoms. The first-order chi connectivity index (χ1) is 8.93. The van der Waals surface area contributed by atoms with E-state index in [-0.39, 0.29) is 10.6 Å². The summed E-state index contributed by atoms with van der Waals surface area (Å²) in [6, 6.07) is 11.1. The molecule has 0 N–H and O–H groups in total. The standard InChI is InChI=1S/C14H12N2O2S/c1-10-5-3-4-6-13(10)12-7-11(8-15)14(16-9-12)19(2,17)18/h3-7,9H,1-2H3. The summed E-state index contributed by atoms with van der Waals surface area (Å²) in [5.41, 5.74) is 2.79. The highest BCUT2D eigenvalue weighted by atomic mass is 32.2. The van der Waals surface area contributed by atoms with Crippen molar-refractivity contribution in [3.63, 3.8) is 0 Å².